The molecule has 5 rings (SSSR count). The highest BCUT2D eigenvalue weighted by molar-refractivity contribution is 7.54. The molecule has 1 aliphatic rings. The smallest absolute Gasteiger partial charge is 0.343 e. The SMILES string of the molecule is O=P(OCc1ccccc1)(OCc1ccccc1)C1c2ccccc2Nc2ccccc21. The molecule has 0 radical (unpaired) electrons. The van der Waals surface area contributed by atoms with Crippen LogP contribution in [0.15, 0.2) is 109 Å². The van der Waals surface area contributed by atoms with E-state index >= 15 is 0 Å². The average molecular weight is 441 g/mol. The standard InChI is InChI=1S/C27H24NO3P/c29-32(30-19-21-11-3-1-4-12-21,31-20-22-13-5-2-6-14-22)27-23-15-7-9-17-25(23)28-26-18-10-8-16-24(26)27/h1-18,27-28H,19-20H2. The van der Waals surface area contributed by atoms with Gasteiger partial charge in [-0.25, -0.2) is 0 Å². The molecule has 0 saturated carbocycles. The highest BCUT2D eigenvalue weighted by Gasteiger charge is 2.43. The normalized spacial score (nSPS) is 13.1. The number of nitrogens with one attached hydrogen (secondary N) is 1. The molecule has 5 heteroatoms. The summed E-state index contributed by atoms with van der Waals surface area (Å²) in [4.78, 5) is 0. The summed E-state index contributed by atoms with van der Waals surface area (Å²) < 4.78 is 27.0. The van der Waals surface area contributed by atoms with Crippen LogP contribution < -0.4 is 5.32 Å². The Morgan fingerprint density at radius 1 is 0.594 bits per heavy atom. The van der Waals surface area contributed by atoms with Crippen molar-refractivity contribution >= 4 is 19.0 Å². The van der Waals surface area contributed by atoms with Crippen LogP contribution in [-0.2, 0) is 26.8 Å². The predicted octanol–water partition coefficient (Wildman–Crippen LogP) is 7.46. The maximum Gasteiger partial charge on any atom is 0.343 e. The summed E-state index contributed by atoms with van der Waals surface area (Å²) >= 11 is 0. The largest absolute Gasteiger partial charge is 0.355 e. The molecule has 0 fully saturated rings. The van der Waals surface area contributed by atoms with Crippen LogP contribution in [0.4, 0.5) is 11.4 Å². The molecule has 4 nitrogen and oxygen atoms in total. The number of fused-ring (bicyclic) bond motifs is 2. The molecular formula is C27H24NO3P. The van der Waals surface area contributed by atoms with E-state index in [9.17, 15) is 4.57 Å². The van der Waals surface area contributed by atoms with Crippen molar-refractivity contribution in [3.05, 3.63) is 131 Å². The monoisotopic (exact) mass is 441 g/mol. The highest BCUT2D eigenvalue weighted by Crippen LogP contribution is 2.67. The van der Waals surface area contributed by atoms with E-state index in [4.69, 9.17) is 9.05 Å². The molecule has 32 heavy (non-hydrogen) atoms. The Labute approximate surface area is 188 Å². The van der Waals surface area contributed by atoms with Crippen molar-refractivity contribution in [1.29, 1.82) is 0 Å². The van der Waals surface area contributed by atoms with Crippen molar-refractivity contribution in [2.24, 2.45) is 0 Å². The van der Waals surface area contributed by atoms with E-state index < -0.39 is 13.3 Å². The summed E-state index contributed by atoms with van der Waals surface area (Å²) in [6, 6.07) is 35.4. The number of rotatable bonds is 7. The molecule has 0 spiro atoms. The molecule has 0 bridgehead atoms. The lowest BCUT2D eigenvalue weighted by molar-refractivity contribution is 0.186. The van der Waals surface area contributed by atoms with Crippen molar-refractivity contribution in [3.63, 3.8) is 0 Å². The fourth-order valence-electron chi connectivity index (χ4n) is 4.02. The number of para-hydroxylation sites is 2. The Morgan fingerprint density at radius 3 is 1.47 bits per heavy atom. The third kappa shape index (κ3) is 4.26. The van der Waals surface area contributed by atoms with Crippen LogP contribution in [0.1, 0.15) is 27.9 Å². The predicted molar refractivity (Wildman–Crippen MR) is 128 cm³/mol. The first-order chi connectivity index (χ1) is 15.7. The van der Waals surface area contributed by atoms with Crippen LogP contribution in [0.25, 0.3) is 0 Å². The van der Waals surface area contributed by atoms with Crippen molar-refractivity contribution in [2.75, 3.05) is 5.32 Å². The molecule has 1 aliphatic heterocycles. The summed E-state index contributed by atoms with van der Waals surface area (Å²) in [5.41, 5.74) is 5.04. The molecular weight excluding hydrogens is 417 g/mol. The van der Waals surface area contributed by atoms with E-state index in [-0.39, 0.29) is 13.2 Å². The van der Waals surface area contributed by atoms with Gasteiger partial charge in [-0.05, 0) is 34.4 Å². The van der Waals surface area contributed by atoms with Gasteiger partial charge in [0.15, 0.2) is 0 Å². The molecule has 160 valence electrons. The van der Waals surface area contributed by atoms with Gasteiger partial charge in [-0.15, -0.1) is 0 Å². The molecule has 0 unspecified atom stereocenters. The van der Waals surface area contributed by atoms with Crippen molar-refractivity contribution in [1.82, 2.24) is 0 Å². The van der Waals surface area contributed by atoms with Gasteiger partial charge in [0.2, 0.25) is 0 Å². The number of hydrogen-bond donors (Lipinski definition) is 1. The summed E-state index contributed by atoms with van der Waals surface area (Å²) in [5, 5.41) is 3.46. The minimum atomic E-state index is -3.63. The van der Waals surface area contributed by atoms with Crippen LogP contribution in [0.2, 0.25) is 0 Å². The summed E-state index contributed by atoms with van der Waals surface area (Å²) in [5.74, 6) is 0. The van der Waals surface area contributed by atoms with Crippen LogP contribution in [0.3, 0.4) is 0 Å². The van der Waals surface area contributed by atoms with Crippen LogP contribution in [-0.4, -0.2) is 0 Å². The van der Waals surface area contributed by atoms with E-state index in [1.54, 1.807) is 0 Å². The zero-order valence-corrected chi connectivity index (χ0v) is 18.5. The van der Waals surface area contributed by atoms with Crippen LogP contribution in [0, 0.1) is 0 Å². The van der Waals surface area contributed by atoms with E-state index in [2.05, 4.69) is 5.32 Å². The van der Waals surface area contributed by atoms with Gasteiger partial charge in [0.1, 0.15) is 5.66 Å². The molecule has 1 heterocycles. The molecule has 4 aromatic carbocycles. The van der Waals surface area contributed by atoms with E-state index in [0.717, 1.165) is 33.6 Å². The molecule has 4 aromatic rings. The zero-order valence-electron chi connectivity index (χ0n) is 17.6. The Hall–Kier alpha value is -3.17. The van der Waals surface area contributed by atoms with Gasteiger partial charge in [-0.2, -0.15) is 0 Å². The fraction of sp³-hybridized carbons (Fsp3) is 0.111. The van der Waals surface area contributed by atoms with Gasteiger partial charge in [-0.1, -0.05) is 97.1 Å². The minimum Gasteiger partial charge on any atom is -0.355 e. The Balaban J connectivity index is 1.55. The van der Waals surface area contributed by atoms with E-state index in [0.29, 0.717) is 0 Å². The van der Waals surface area contributed by atoms with Gasteiger partial charge in [0, 0.05) is 11.4 Å². The van der Waals surface area contributed by atoms with E-state index in [1.165, 1.54) is 0 Å². The van der Waals surface area contributed by atoms with Crippen LogP contribution >= 0.6 is 7.60 Å². The van der Waals surface area contributed by atoms with Gasteiger partial charge in [0.25, 0.3) is 0 Å². The summed E-state index contributed by atoms with van der Waals surface area (Å²) in [6.07, 6.45) is 0. The van der Waals surface area contributed by atoms with E-state index in [1.807, 2.05) is 109 Å². The maximum absolute atomic E-state index is 14.6. The second kappa shape index (κ2) is 9.13. The lowest BCUT2D eigenvalue weighted by Gasteiger charge is -2.34. The zero-order chi connectivity index (χ0) is 21.8. The lowest BCUT2D eigenvalue weighted by atomic mass is 9.97. The Morgan fingerprint density at radius 2 is 1.00 bits per heavy atom. The fourth-order valence-corrected chi connectivity index (χ4v) is 6.18. The van der Waals surface area contributed by atoms with Crippen molar-refractivity contribution in [3.8, 4) is 0 Å². The molecule has 0 aromatic heterocycles. The van der Waals surface area contributed by atoms with Gasteiger partial charge in [0.05, 0.1) is 13.2 Å². The maximum atomic E-state index is 14.6. The third-order valence-electron chi connectivity index (χ3n) is 5.60. The minimum absolute atomic E-state index is 0.209. The molecule has 1 N–H and O–H groups in total. The second-order valence-electron chi connectivity index (χ2n) is 7.76. The third-order valence-corrected chi connectivity index (χ3v) is 7.77. The molecule has 0 atom stereocenters. The van der Waals surface area contributed by atoms with Gasteiger partial charge in [-0.3, -0.25) is 4.57 Å². The number of benzene rings is 4. The van der Waals surface area contributed by atoms with Gasteiger partial charge >= 0.3 is 7.60 Å². The number of anilines is 2. The molecule has 0 amide bonds. The Bertz CT molecular complexity index is 1150. The van der Waals surface area contributed by atoms with Crippen molar-refractivity contribution in [2.45, 2.75) is 18.9 Å². The first kappa shape index (κ1) is 20.7. The topological polar surface area (TPSA) is 47.6 Å². The first-order valence-corrected chi connectivity index (χ1v) is 12.3. The lowest BCUT2D eigenvalue weighted by Crippen LogP contribution is -2.16. The summed E-state index contributed by atoms with van der Waals surface area (Å²) in [7, 11) is -3.63. The Kier molecular flexibility index (Phi) is 5.91. The molecule has 0 aliphatic carbocycles. The summed E-state index contributed by atoms with van der Waals surface area (Å²) in [6.45, 7) is 0.419. The second-order valence-corrected chi connectivity index (χ2v) is 9.87. The van der Waals surface area contributed by atoms with Crippen molar-refractivity contribution < 1.29 is 13.6 Å². The molecule has 0 saturated heterocycles. The highest BCUT2D eigenvalue weighted by atomic mass is 31.2. The number of hydrogen-bond acceptors (Lipinski definition) is 4. The van der Waals surface area contributed by atoms with Crippen LogP contribution in [0.5, 0.6) is 0 Å². The van der Waals surface area contributed by atoms with Gasteiger partial charge < -0.3 is 14.4 Å². The average Bonchev–Trinajstić information content (AvgIpc) is 2.86. The first-order valence-electron chi connectivity index (χ1n) is 10.6. The quantitative estimate of drug-likeness (QED) is 0.302.